The zero-order valence-corrected chi connectivity index (χ0v) is 11.9. The molecular formula is C13H9IN2O3. The van der Waals surface area contributed by atoms with E-state index in [1.54, 1.807) is 12.1 Å². The summed E-state index contributed by atoms with van der Waals surface area (Å²) >= 11 is 2.15. The molecule has 0 saturated carbocycles. The van der Waals surface area contributed by atoms with E-state index in [4.69, 9.17) is 4.74 Å². The topological polar surface area (TPSA) is 69.2 Å². The van der Waals surface area contributed by atoms with Gasteiger partial charge < -0.3 is 4.74 Å². The highest BCUT2D eigenvalue weighted by atomic mass is 127. The van der Waals surface area contributed by atoms with Gasteiger partial charge in [0.1, 0.15) is 0 Å². The molecular weight excluding hydrogens is 359 g/mol. The van der Waals surface area contributed by atoms with Crippen LogP contribution in [-0.4, -0.2) is 28.3 Å². The van der Waals surface area contributed by atoms with Crippen LogP contribution in [0.3, 0.4) is 0 Å². The molecule has 0 N–H and O–H groups in total. The molecule has 1 aromatic carbocycles. The van der Waals surface area contributed by atoms with E-state index in [1.165, 1.54) is 18.6 Å². The number of nitrogens with zero attached hydrogens (tertiary/aromatic N) is 2. The van der Waals surface area contributed by atoms with E-state index in [9.17, 15) is 9.59 Å². The van der Waals surface area contributed by atoms with E-state index < -0.39 is 5.97 Å². The molecule has 1 heterocycles. The molecule has 1 aromatic heterocycles. The maximum atomic E-state index is 11.8. The summed E-state index contributed by atoms with van der Waals surface area (Å²) in [5.74, 6) is -0.916. The van der Waals surface area contributed by atoms with Crippen LogP contribution in [0, 0.1) is 3.57 Å². The number of rotatable bonds is 4. The fourth-order valence-electron chi connectivity index (χ4n) is 1.33. The quantitative estimate of drug-likeness (QED) is 0.470. The van der Waals surface area contributed by atoms with Gasteiger partial charge in [-0.05, 0) is 34.7 Å². The Balaban J connectivity index is 1.94. The average molecular weight is 368 g/mol. The lowest BCUT2D eigenvalue weighted by atomic mass is 10.1. The molecule has 19 heavy (non-hydrogen) atoms. The number of hydrogen-bond donors (Lipinski definition) is 0. The number of carbonyl (C=O) groups is 2. The van der Waals surface area contributed by atoms with E-state index in [1.807, 2.05) is 12.1 Å². The Kier molecular flexibility index (Phi) is 4.56. The van der Waals surface area contributed by atoms with Crippen LogP contribution in [0.25, 0.3) is 0 Å². The second-order valence-corrected chi connectivity index (χ2v) is 4.84. The number of esters is 1. The molecule has 0 atom stereocenters. The molecule has 0 amide bonds. The van der Waals surface area contributed by atoms with Crippen molar-refractivity contribution in [1.82, 2.24) is 9.97 Å². The molecule has 2 aromatic rings. The first-order valence-corrected chi connectivity index (χ1v) is 6.46. The van der Waals surface area contributed by atoms with Crippen molar-refractivity contribution in [3.8, 4) is 0 Å². The Morgan fingerprint density at radius 1 is 1.16 bits per heavy atom. The Bertz CT molecular complexity index is 585. The summed E-state index contributed by atoms with van der Waals surface area (Å²) in [4.78, 5) is 30.9. The molecule has 6 heteroatoms. The zero-order chi connectivity index (χ0) is 13.7. The molecule has 0 unspecified atom stereocenters. The summed E-state index contributed by atoms with van der Waals surface area (Å²) in [6, 6.07) is 7.02. The van der Waals surface area contributed by atoms with Crippen molar-refractivity contribution in [2.45, 2.75) is 0 Å². The molecule has 0 aliphatic heterocycles. The minimum atomic E-state index is -0.660. The van der Waals surface area contributed by atoms with Gasteiger partial charge in [-0.25, -0.2) is 9.78 Å². The third-order valence-electron chi connectivity index (χ3n) is 2.27. The van der Waals surface area contributed by atoms with Gasteiger partial charge in [-0.15, -0.1) is 0 Å². The van der Waals surface area contributed by atoms with Crippen LogP contribution in [-0.2, 0) is 4.74 Å². The number of ketones is 1. The Morgan fingerprint density at radius 3 is 2.53 bits per heavy atom. The van der Waals surface area contributed by atoms with Crippen molar-refractivity contribution in [3.63, 3.8) is 0 Å². The smallest absolute Gasteiger partial charge is 0.358 e. The molecule has 0 bridgehead atoms. The zero-order valence-electron chi connectivity index (χ0n) is 9.75. The van der Waals surface area contributed by atoms with Crippen molar-refractivity contribution >= 4 is 34.3 Å². The van der Waals surface area contributed by atoms with Gasteiger partial charge in [0.05, 0.1) is 6.20 Å². The number of halogens is 1. The van der Waals surface area contributed by atoms with Gasteiger partial charge in [0, 0.05) is 21.5 Å². The average Bonchev–Trinajstić information content (AvgIpc) is 2.46. The maximum absolute atomic E-state index is 11.8. The number of benzene rings is 1. The van der Waals surface area contributed by atoms with Gasteiger partial charge in [0.15, 0.2) is 18.1 Å². The Morgan fingerprint density at radius 2 is 1.89 bits per heavy atom. The van der Waals surface area contributed by atoms with Crippen molar-refractivity contribution in [2.75, 3.05) is 6.61 Å². The number of ether oxygens (including phenoxy) is 1. The highest BCUT2D eigenvalue weighted by Crippen LogP contribution is 2.08. The lowest BCUT2D eigenvalue weighted by molar-refractivity contribution is 0.0468. The molecule has 96 valence electrons. The largest absolute Gasteiger partial charge is 0.453 e. The number of hydrogen-bond acceptors (Lipinski definition) is 5. The lowest BCUT2D eigenvalue weighted by Crippen LogP contribution is -2.15. The second-order valence-electron chi connectivity index (χ2n) is 3.60. The summed E-state index contributed by atoms with van der Waals surface area (Å²) in [5.41, 5.74) is 0.588. The second kappa shape index (κ2) is 6.37. The SMILES string of the molecule is O=C(COC(=O)c1cnccn1)c1ccc(I)cc1. The van der Waals surface area contributed by atoms with E-state index >= 15 is 0 Å². The summed E-state index contributed by atoms with van der Waals surface area (Å²) in [6.07, 6.45) is 4.13. The molecule has 0 fully saturated rings. The van der Waals surface area contributed by atoms with E-state index in [0.29, 0.717) is 5.56 Å². The summed E-state index contributed by atoms with van der Waals surface area (Å²) < 4.78 is 5.91. The third kappa shape index (κ3) is 3.82. The van der Waals surface area contributed by atoms with Gasteiger partial charge in [-0.1, -0.05) is 12.1 Å². The fourth-order valence-corrected chi connectivity index (χ4v) is 1.69. The van der Waals surface area contributed by atoms with Crippen LogP contribution >= 0.6 is 22.6 Å². The maximum Gasteiger partial charge on any atom is 0.358 e. The Labute approximate surface area is 123 Å². The summed E-state index contributed by atoms with van der Waals surface area (Å²) in [7, 11) is 0. The van der Waals surface area contributed by atoms with E-state index in [2.05, 4.69) is 32.6 Å². The number of aromatic nitrogens is 2. The standard InChI is InChI=1S/C13H9IN2O3/c14-10-3-1-9(2-4-10)12(17)8-19-13(18)11-7-15-5-6-16-11/h1-7H,8H2. The molecule has 0 radical (unpaired) electrons. The Hall–Kier alpha value is -1.83. The van der Waals surface area contributed by atoms with E-state index in [0.717, 1.165) is 3.57 Å². The van der Waals surface area contributed by atoms with Crippen LogP contribution in [0.2, 0.25) is 0 Å². The monoisotopic (exact) mass is 368 g/mol. The predicted molar refractivity (Wildman–Crippen MR) is 75.8 cm³/mol. The van der Waals surface area contributed by atoms with Crippen molar-refractivity contribution in [1.29, 1.82) is 0 Å². The van der Waals surface area contributed by atoms with Crippen LogP contribution in [0.1, 0.15) is 20.8 Å². The summed E-state index contributed by atoms with van der Waals surface area (Å²) in [5, 5.41) is 0. The third-order valence-corrected chi connectivity index (χ3v) is 2.99. The normalized spacial score (nSPS) is 9.95. The van der Waals surface area contributed by atoms with Gasteiger partial charge >= 0.3 is 5.97 Å². The van der Waals surface area contributed by atoms with Crippen molar-refractivity contribution in [2.24, 2.45) is 0 Å². The first-order valence-electron chi connectivity index (χ1n) is 5.39. The first-order chi connectivity index (χ1) is 9.16. The number of carbonyl (C=O) groups excluding carboxylic acids is 2. The van der Waals surface area contributed by atoms with E-state index in [-0.39, 0.29) is 18.1 Å². The first kappa shape index (κ1) is 13.6. The summed E-state index contributed by atoms with van der Waals surface area (Å²) in [6.45, 7) is -0.310. The van der Waals surface area contributed by atoms with Gasteiger partial charge in [-0.3, -0.25) is 9.78 Å². The van der Waals surface area contributed by atoms with Gasteiger partial charge in [0.25, 0.3) is 0 Å². The van der Waals surface area contributed by atoms with Crippen molar-refractivity contribution < 1.29 is 14.3 Å². The molecule has 0 aliphatic carbocycles. The van der Waals surface area contributed by atoms with Crippen LogP contribution in [0.4, 0.5) is 0 Å². The molecule has 0 saturated heterocycles. The van der Waals surface area contributed by atoms with Crippen LogP contribution in [0.15, 0.2) is 42.9 Å². The minimum absolute atomic E-state index is 0.0814. The van der Waals surface area contributed by atoms with Crippen molar-refractivity contribution in [3.05, 3.63) is 57.7 Å². The molecule has 0 spiro atoms. The number of Topliss-reactive ketones (excluding diaryl/α,β-unsaturated/α-hetero) is 1. The lowest BCUT2D eigenvalue weighted by Gasteiger charge is -2.03. The molecule has 5 nitrogen and oxygen atoms in total. The molecule has 0 aliphatic rings. The highest BCUT2D eigenvalue weighted by molar-refractivity contribution is 14.1. The van der Waals surface area contributed by atoms with Crippen LogP contribution < -0.4 is 0 Å². The van der Waals surface area contributed by atoms with Crippen LogP contribution in [0.5, 0.6) is 0 Å². The predicted octanol–water partition coefficient (Wildman–Crippen LogP) is 2.12. The highest BCUT2D eigenvalue weighted by Gasteiger charge is 2.12. The fraction of sp³-hybridized carbons (Fsp3) is 0.0769. The molecule has 2 rings (SSSR count). The minimum Gasteiger partial charge on any atom is -0.453 e. The van der Waals surface area contributed by atoms with Gasteiger partial charge in [-0.2, -0.15) is 0 Å². The van der Waals surface area contributed by atoms with Gasteiger partial charge in [0.2, 0.25) is 0 Å².